The largest absolute Gasteiger partial charge is 0.418 e. The zero-order valence-corrected chi connectivity index (χ0v) is 13.5. The molecule has 1 aromatic carbocycles. The molecule has 8 heteroatoms. The minimum atomic E-state index is -4.55. The van der Waals surface area contributed by atoms with E-state index in [1.165, 1.54) is 23.1 Å². The Morgan fingerprint density at radius 1 is 1.29 bits per heavy atom. The lowest BCUT2D eigenvalue weighted by Gasteiger charge is -2.23. The van der Waals surface area contributed by atoms with Gasteiger partial charge < -0.3 is 10.6 Å². The molecule has 1 saturated carbocycles. The first-order chi connectivity index (χ1) is 11.2. The smallest absolute Gasteiger partial charge is 0.352 e. The van der Waals surface area contributed by atoms with Gasteiger partial charge in [-0.1, -0.05) is 12.1 Å². The van der Waals surface area contributed by atoms with Crippen molar-refractivity contribution < 1.29 is 22.8 Å². The third-order valence-electron chi connectivity index (χ3n) is 3.86. The third-order valence-corrected chi connectivity index (χ3v) is 3.86. The van der Waals surface area contributed by atoms with Crippen molar-refractivity contribution in [2.45, 2.75) is 38.0 Å². The Bertz CT molecular complexity index is 615. The van der Waals surface area contributed by atoms with Crippen molar-refractivity contribution in [3.05, 3.63) is 29.8 Å². The van der Waals surface area contributed by atoms with E-state index in [0.717, 1.165) is 18.9 Å². The van der Waals surface area contributed by atoms with Gasteiger partial charge in [0.1, 0.15) is 0 Å². The molecule has 0 aliphatic heterocycles. The van der Waals surface area contributed by atoms with Gasteiger partial charge in [-0.3, -0.25) is 14.5 Å². The summed E-state index contributed by atoms with van der Waals surface area (Å²) in [5.41, 5.74) is -1.20. The molecule has 0 unspecified atom stereocenters. The van der Waals surface area contributed by atoms with Crippen molar-refractivity contribution in [3.8, 4) is 0 Å². The highest BCUT2D eigenvalue weighted by Gasteiger charge is 2.34. The number of amides is 2. The second kappa shape index (κ2) is 7.21. The van der Waals surface area contributed by atoms with Crippen LogP contribution in [-0.4, -0.2) is 42.4 Å². The molecule has 24 heavy (non-hydrogen) atoms. The number of anilines is 1. The number of para-hydroxylation sites is 1. The zero-order chi connectivity index (χ0) is 17.9. The van der Waals surface area contributed by atoms with Gasteiger partial charge in [0.05, 0.1) is 23.8 Å². The summed E-state index contributed by atoms with van der Waals surface area (Å²) in [5.74, 6) is -0.802. The van der Waals surface area contributed by atoms with Crippen molar-refractivity contribution in [3.63, 3.8) is 0 Å². The van der Waals surface area contributed by atoms with Crippen molar-refractivity contribution in [1.29, 1.82) is 0 Å². The van der Waals surface area contributed by atoms with E-state index >= 15 is 0 Å². The molecule has 0 bridgehead atoms. The molecule has 0 aromatic heterocycles. The van der Waals surface area contributed by atoms with E-state index in [0.29, 0.717) is 0 Å². The standard InChI is InChI=1S/C16H20F3N3O2/c1-10(15(24)20-11-7-8-11)22(2)9-14(23)21-13-6-4-3-5-12(13)16(17,18)19/h3-6,10-11H,7-9H2,1-2H3,(H,20,24)(H,21,23)/t10-/m0/s1. The lowest BCUT2D eigenvalue weighted by Crippen LogP contribution is -2.46. The van der Waals surface area contributed by atoms with Gasteiger partial charge in [0.2, 0.25) is 11.8 Å². The van der Waals surface area contributed by atoms with E-state index < -0.39 is 23.7 Å². The number of carbonyl (C=O) groups is 2. The molecular weight excluding hydrogens is 323 g/mol. The molecule has 132 valence electrons. The molecule has 0 spiro atoms. The van der Waals surface area contributed by atoms with Gasteiger partial charge in [0, 0.05) is 6.04 Å². The summed E-state index contributed by atoms with van der Waals surface area (Å²) >= 11 is 0. The summed E-state index contributed by atoms with van der Waals surface area (Å²) in [5, 5.41) is 5.09. The third kappa shape index (κ3) is 4.95. The summed E-state index contributed by atoms with van der Waals surface area (Å²) in [6.45, 7) is 1.46. The van der Waals surface area contributed by atoms with Crippen LogP contribution in [0, 0.1) is 0 Å². The summed E-state index contributed by atoms with van der Waals surface area (Å²) in [4.78, 5) is 25.4. The number of rotatable bonds is 6. The van der Waals surface area contributed by atoms with Crippen LogP contribution in [0.1, 0.15) is 25.3 Å². The second-order valence-electron chi connectivity index (χ2n) is 5.97. The van der Waals surface area contributed by atoms with Crippen LogP contribution in [0.2, 0.25) is 0 Å². The molecular formula is C16H20F3N3O2. The van der Waals surface area contributed by atoms with Crippen LogP contribution in [0.15, 0.2) is 24.3 Å². The summed E-state index contributed by atoms with van der Waals surface area (Å²) < 4.78 is 38.7. The molecule has 1 aromatic rings. The van der Waals surface area contributed by atoms with Crippen LogP contribution >= 0.6 is 0 Å². The number of nitrogens with one attached hydrogen (secondary N) is 2. The average Bonchev–Trinajstić information content (AvgIpc) is 3.29. The highest BCUT2D eigenvalue weighted by atomic mass is 19.4. The van der Waals surface area contributed by atoms with Crippen molar-refractivity contribution in [2.75, 3.05) is 18.9 Å². The number of alkyl halides is 3. The Balaban J connectivity index is 1.94. The minimum absolute atomic E-state index is 0.189. The van der Waals surface area contributed by atoms with Crippen molar-refractivity contribution in [2.24, 2.45) is 0 Å². The molecule has 1 fully saturated rings. The molecule has 1 aliphatic carbocycles. The molecule has 0 saturated heterocycles. The second-order valence-corrected chi connectivity index (χ2v) is 5.97. The Kier molecular flexibility index (Phi) is 5.48. The first-order valence-electron chi connectivity index (χ1n) is 7.65. The Morgan fingerprint density at radius 3 is 2.50 bits per heavy atom. The molecule has 0 heterocycles. The topological polar surface area (TPSA) is 61.4 Å². The lowest BCUT2D eigenvalue weighted by molar-refractivity contribution is -0.137. The van der Waals surface area contributed by atoms with E-state index in [1.807, 2.05) is 0 Å². The van der Waals surface area contributed by atoms with Crippen LogP contribution in [0.25, 0.3) is 0 Å². The molecule has 1 atom stereocenters. The van der Waals surface area contributed by atoms with Crippen LogP contribution in [0.4, 0.5) is 18.9 Å². The van der Waals surface area contributed by atoms with Gasteiger partial charge >= 0.3 is 6.18 Å². The fraction of sp³-hybridized carbons (Fsp3) is 0.500. The zero-order valence-electron chi connectivity index (χ0n) is 13.5. The molecule has 1 aliphatic rings. The fourth-order valence-electron chi connectivity index (χ4n) is 2.14. The van der Waals surface area contributed by atoms with Gasteiger partial charge in [-0.05, 0) is 38.9 Å². The van der Waals surface area contributed by atoms with Gasteiger partial charge in [-0.2, -0.15) is 13.2 Å². The quantitative estimate of drug-likeness (QED) is 0.833. The molecule has 2 rings (SSSR count). The normalized spacial score (nSPS) is 15.9. The first kappa shape index (κ1) is 18.3. The molecule has 5 nitrogen and oxygen atoms in total. The highest BCUT2D eigenvalue weighted by molar-refractivity contribution is 5.93. The van der Waals surface area contributed by atoms with E-state index in [-0.39, 0.29) is 24.2 Å². The lowest BCUT2D eigenvalue weighted by atomic mass is 10.1. The maximum absolute atomic E-state index is 12.9. The Labute approximate surface area is 138 Å². The van der Waals surface area contributed by atoms with E-state index in [2.05, 4.69) is 10.6 Å². The number of carbonyl (C=O) groups excluding carboxylic acids is 2. The van der Waals surface area contributed by atoms with Gasteiger partial charge in [-0.25, -0.2) is 0 Å². The number of hydrogen-bond donors (Lipinski definition) is 2. The maximum Gasteiger partial charge on any atom is 0.418 e. The van der Waals surface area contributed by atoms with Crippen molar-refractivity contribution in [1.82, 2.24) is 10.2 Å². The van der Waals surface area contributed by atoms with Crippen LogP contribution in [0.5, 0.6) is 0 Å². The summed E-state index contributed by atoms with van der Waals surface area (Å²) in [7, 11) is 1.58. The number of hydrogen-bond acceptors (Lipinski definition) is 3. The predicted molar refractivity (Wildman–Crippen MR) is 83.3 cm³/mol. The number of nitrogens with zero attached hydrogens (tertiary/aromatic N) is 1. The molecule has 2 N–H and O–H groups in total. The highest BCUT2D eigenvalue weighted by Crippen LogP contribution is 2.34. The van der Waals surface area contributed by atoms with Crippen LogP contribution in [0.3, 0.4) is 0 Å². The van der Waals surface area contributed by atoms with E-state index in [4.69, 9.17) is 0 Å². The predicted octanol–water partition coefficient (Wildman–Crippen LogP) is 2.24. The number of likely N-dealkylation sites (N-methyl/N-ethyl adjacent to an activating group) is 1. The monoisotopic (exact) mass is 343 g/mol. The first-order valence-corrected chi connectivity index (χ1v) is 7.65. The minimum Gasteiger partial charge on any atom is -0.352 e. The van der Waals surface area contributed by atoms with Gasteiger partial charge in [0.25, 0.3) is 0 Å². The Hall–Kier alpha value is -2.09. The van der Waals surface area contributed by atoms with E-state index in [1.54, 1.807) is 14.0 Å². The van der Waals surface area contributed by atoms with E-state index in [9.17, 15) is 22.8 Å². The van der Waals surface area contributed by atoms with Gasteiger partial charge in [0.15, 0.2) is 0 Å². The van der Waals surface area contributed by atoms with Crippen LogP contribution < -0.4 is 10.6 Å². The van der Waals surface area contributed by atoms with Crippen LogP contribution in [-0.2, 0) is 15.8 Å². The van der Waals surface area contributed by atoms with Gasteiger partial charge in [-0.15, -0.1) is 0 Å². The maximum atomic E-state index is 12.9. The number of benzene rings is 1. The fourth-order valence-corrected chi connectivity index (χ4v) is 2.14. The Morgan fingerprint density at radius 2 is 1.92 bits per heavy atom. The molecule has 2 amide bonds. The summed E-state index contributed by atoms with van der Waals surface area (Å²) in [6.07, 6.45) is -2.64. The number of halogens is 3. The SMILES string of the molecule is C[C@@H](C(=O)NC1CC1)N(C)CC(=O)Nc1ccccc1C(F)(F)F. The summed E-state index contributed by atoms with van der Waals surface area (Å²) in [6, 6.07) is 4.44. The average molecular weight is 343 g/mol. The molecule has 0 radical (unpaired) electrons. The van der Waals surface area contributed by atoms with Crippen molar-refractivity contribution >= 4 is 17.5 Å².